The third-order valence-electron chi connectivity index (χ3n) is 12.4. The van der Waals surface area contributed by atoms with Gasteiger partial charge in [-0.2, -0.15) is 0 Å². The van der Waals surface area contributed by atoms with E-state index in [0.717, 1.165) is 33.4 Å². The van der Waals surface area contributed by atoms with Crippen molar-refractivity contribution < 1.29 is 0 Å². The molecular weight excluding hydrogens is 703 g/mol. The fourth-order valence-corrected chi connectivity index (χ4v) is 8.81. The second-order valence-electron chi connectivity index (χ2n) is 17.2. The Morgan fingerprint density at radius 2 is 0.741 bits per heavy atom. The Bertz CT molecular complexity index is 2980. The Kier molecular flexibility index (Phi) is 8.64. The highest BCUT2D eigenvalue weighted by Crippen LogP contribution is 2.47. The van der Waals surface area contributed by atoms with Crippen LogP contribution in [0.4, 0.5) is 0 Å². The maximum Gasteiger partial charge on any atom is 0.164 e. The number of fused-ring (bicyclic) bond motifs is 4. The van der Waals surface area contributed by atoms with E-state index < -0.39 is 0 Å². The molecule has 3 nitrogen and oxygen atoms in total. The molecular formula is C55H45N3. The van der Waals surface area contributed by atoms with Gasteiger partial charge < -0.3 is 0 Å². The van der Waals surface area contributed by atoms with Crippen LogP contribution in [0.25, 0.3) is 89.1 Å². The smallest absolute Gasteiger partial charge is 0.164 e. The molecule has 0 saturated carbocycles. The molecule has 3 heteroatoms. The first-order chi connectivity index (χ1) is 28.2. The van der Waals surface area contributed by atoms with Gasteiger partial charge in [-0.15, -0.1) is 0 Å². The summed E-state index contributed by atoms with van der Waals surface area (Å²) in [7, 11) is 0. The van der Waals surface area contributed by atoms with Gasteiger partial charge in [-0.3, -0.25) is 0 Å². The van der Waals surface area contributed by atoms with Gasteiger partial charge in [0.2, 0.25) is 0 Å². The molecule has 58 heavy (non-hydrogen) atoms. The predicted octanol–water partition coefficient (Wildman–Crippen LogP) is 14.5. The second kappa shape index (κ2) is 14.0. The predicted molar refractivity (Wildman–Crippen MR) is 243 cm³/mol. The molecule has 1 heterocycles. The summed E-state index contributed by atoms with van der Waals surface area (Å²) in [6, 6.07) is 63.1. The molecule has 0 N–H and O–H groups in total. The number of benzene rings is 8. The number of aromatic nitrogens is 3. The third kappa shape index (κ3) is 6.57. The topological polar surface area (TPSA) is 38.7 Å². The van der Waals surface area contributed by atoms with Crippen molar-refractivity contribution in [3.8, 4) is 67.5 Å². The Morgan fingerprint density at radius 1 is 0.310 bits per heavy atom. The van der Waals surface area contributed by atoms with Crippen molar-refractivity contribution in [2.75, 3.05) is 0 Å². The summed E-state index contributed by atoms with van der Waals surface area (Å²) in [6.07, 6.45) is 2.38. The molecule has 0 aliphatic heterocycles. The van der Waals surface area contributed by atoms with Crippen LogP contribution < -0.4 is 0 Å². The van der Waals surface area contributed by atoms with Crippen molar-refractivity contribution in [3.05, 3.63) is 187 Å². The lowest BCUT2D eigenvalue weighted by Gasteiger charge is -2.42. The highest BCUT2D eigenvalue weighted by atomic mass is 15.0. The van der Waals surface area contributed by atoms with Crippen LogP contribution in [0.5, 0.6) is 0 Å². The quantitative estimate of drug-likeness (QED) is 0.159. The van der Waals surface area contributed by atoms with Gasteiger partial charge in [0.25, 0.3) is 0 Å². The molecule has 0 fully saturated rings. The van der Waals surface area contributed by atoms with Gasteiger partial charge in [-0.25, -0.2) is 15.0 Å². The molecule has 0 amide bonds. The first-order valence-electron chi connectivity index (χ1n) is 20.4. The molecule has 0 saturated heterocycles. The maximum atomic E-state index is 5.17. The first-order valence-corrected chi connectivity index (χ1v) is 20.4. The zero-order valence-corrected chi connectivity index (χ0v) is 33.5. The number of hydrogen-bond donors (Lipinski definition) is 0. The van der Waals surface area contributed by atoms with Gasteiger partial charge in [0.05, 0.1) is 0 Å². The van der Waals surface area contributed by atoms with Crippen LogP contribution >= 0.6 is 0 Å². The van der Waals surface area contributed by atoms with Crippen molar-refractivity contribution in [1.82, 2.24) is 15.0 Å². The summed E-state index contributed by atoms with van der Waals surface area (Å²) >= 11 is 0. The normalized spacial score (nSPS) is 14.3. The molecule has 0 bridgehead atoms. The average Bonchev–Trinajstić information content (AvgIpc) is 3.28. The molecule has 9 aromatic rings. The van der Waals surface area contributed by atoms with Gasteiger partial charge in [0.1, 0.15) is 0 Å². The molecule has 1 aromatic heterocycles. The lowest BCUT2D eigenvalue weighted by molar-refractivity contribution is 0.332. The SMILES string of the molecule is CC1(C)CCC(C)(C)c2cc(-c3cccc(-c4nc(-c5ccc(-c6ccccc6)cc5)nc(-c5ccc(-c6ccc7ccc8ccccc8c7c6)cc5)n4)c3)ccc21. The van der Waals surface area contributed by atoms with E-state index in [9.17, 15) is 0 Å². The van der Waals surface area contributed by atoms with E-state index in [1.807, 2.05) is 6.07 Å². The Hall–Kier alpha value is -6.71. The second-order valence-corrected chi connectivity index (χ2v) is 17.2. The summed E-state index contributed by atoms with van der Waals surface area (Å²) in [5.41, 5.74) is 13.1. The molecule has 0 radical (unpaired) electrons. The minimum absolute atomic E-state index is 0.130. The van der Waals surface area contributed by atoms with E-state index in [4.69, 9.17) is 15.0 Å². The summed E-state index contributed by atoms with van der Waals surface area (Å²) in [6.45, 7) is 9.53. The lowest BCUT2D eigenvalue weighted by Crippen LogP contribution is -2.33. The lowest BCUT2D eigenvalue weighted by atomic mass is 9.63. The fourth-order valence-electron chi connectivity index (χ4n) is 8.81. The van der Waals surface area contributed by atoms with E-state index in [1.54, 1.807) is 0 Å². The van der Waals surface area contributed by atoms with Crippen LogP contribution in [0, 0.1) is 0 Å². The molecule has 0 atom stereocenters. The summed E-state index contributed by atoms with van der Waals surface area (Å²) < 4.78 is 0. The fraction of sp³-hybridized carbons (Fsp3) is 0.145. The first kappa shape index (κ1) is 35.7. The average molecular weight is 748 g/mol. The van der Waals surface area contributed by atoms with Crippen LogP contribution in [0.15, 0.2) is 176 Å². The largest absolute Gasteiger partial charge is 0.208 e. The molecule has 1 aliphatic carbocycles. The Morgan fingerprint density at radius 3 is 1.43 bits per heavy atom. The summed E-state index contributed by atoms with van der Waals surface area (Å²) in [5.74, 6) is 1.94. The highest BCUT2D eigenvalue weighted by molar-refractivity contribution is 6.08. The number of nitrogens with zero attached hydrogens (tertiary/aromatic N) is 3. The molecule has 10 rings (SSSR count). The number of rotatable bonds is 6. The minimum Gasteiger partial charge on any atom is -0.208 e. The van der Waals surface area contributed by atoms with Crippen LogP contribution in [0.1, 0.15) is 51.7 Å². The Labute approximate surface area is 341 Å². The molecule has 1 aliphatic rings. The van der Waals surface area contributed by atoms with Crippen LogP contribution in [0.2, 0.25) is 0 Å². The van der Waals surface area contributed by atoms with Crippen molar-refractivity contribution >= 4 is 21.5 Å². The van der Waals surface area contributed by atoms with E-state index >= 15 is 0 Å². The standard InChI is InChI=1S/C55H45N3/c1-54(2)31-32-55(3,4)50-35-45(29-30-49(50)54)43-14-10-15-46(33-43)53-57-51(41-24-17-37(18-25-41)36-11-6-5-7-12-36)56-52(58-53)42-26-19-38(20-27-42)44-28-23-40-22-21-39-13-8-9-16-47(39)48(40)34-44/h5-30,33-35H,31-32H2,1-4H3. The minimum atomic E-state index is 0.130. The van der Waals surface area contributed by atoms with Gasteiger partial charge in [-0.05, 0) is 102 Å². The third-order valence-corrected chi connectivity index (χ3v) is 12.4. The molecule has 8 aromatic carbocycles. The molecule has 0 spiro atoms. The molecule has 0 unspecified atom stereocenters. The van der Waals surface area contributed by atoms with Crippen molar-refractivity contribution in [2.24, 2.45) is 0 Å². The van der Waals surface area contributed by atoms with Crippen LogP contribution in [-0.2, 0) is 10.8 Å². The van der Waals surface area contributed by atoms with E-state index in [2.05, 4.69) is 198 Å². The van der Waals surface area contributed by atoms with Crippen molar-refractivity contribution in [3.63, 3.8) is 0 Å². The zero-order chi connectivity index (χ0) is 39.4. The maximum absolute atomic E-state index is 5.17. The van der Waals surface area contributed by atoms with Crippen LogP contribution in [0.3, 0.4) is 0 Å². The van der Waals surface area contributed by atoms with Crippen LogP contribution in [-0.4, -0.2) is 15.0 Å². The monoisotopic (exact) mass is 747 g/mol. The zero-order valence-electron chi connectivity index (χ0n) is 33.5. The summed E-state index contributed by atoms with van der Waals surface area (Å²) in [5, 5.41) is 5.02. The van der Waals surface area contributed by atoms with Gasteiger partial charge in [0.15, 0.2) is 17.5 Å². The highest BCUT2D eigenvalue weighted by Gasteiger charge is 2.37. The van der Waals surface area contributed by atoms with E-state index in [1.165, 1.54) is 62.2 Å². The van der Waals surface area contributed by atoms with Crippen molar-refractivity contribution in [1.29, 1.82) is 0 Å². The van der Waals surface area contributed by atoms with E-state index in [-0.39, 0.29) is 10.8 Å². The van der Waals surface area contributed by atoms with Gasteiger partial charge in [0, 0.05) is 16.7 Å². The summed E-state index contributed by atoms with van der Waals surface area (Å²) in [4.78, 5) is 15.4. The Balaban J connectivity index is 1.05. The number of hydrogen-bond acceptors (Lipinski definition) is 3. The van der Waals surface area contributed by atoms with Gasteiger partial charge in [-0.1, -0.05) is 191 Å². The van der Waals surface area contributed by atoms with E-state index in [0.29, 0.717) is 17.5 Å². The molecule has 280 valence electrons. The van der Waals surface area contributed by atoms with Gasteiger partial charge >= 0.3 is 0 Å². The van der Waals surface area contributed by atoms with Crippen molar-refractivity contribution in [2.45, 2.75) is 51.4 Å².